The molecular formula is C16H16N8S. The lowest BCUT2D eigenvalue weighted by Crippen LogP contribution is -2.29. The number of fused-ring (bicyclic) bond motifs is 5. The quantitative estimate of drug-likeness (QED) is 0.427. The number of hydrogen-bond donors (Lipinski definition) is 2. The van der Waals surface area contributed by atoms with E-state index in [4.69, 9.17) is 5.84 Å². The van der Waals surface area contributed by atoms with Crippen LogP contribution in [0, 0.1) is 0 Å². The molecule has 1 aromatic carbocycles. The van der Waals surface area contributed by atoms with Crippen LogP contribution < -0.4 is 11.3 Å². The number of tetrazole rings is 1. The van der Waals surface area contributed by atoms with Gasteiger partial charge in [-0.05, 0) is 28.0 Å². The zero-order valence-electron chi connectivity index (χ0n) is 13.4. The minimum absolute atomic E-state index is 0.459. The zero-order valence-corrected chi connectivity index (χ0v) is 14.2. The van der Waals surface area contributed by atoms with E-state index in [2.05, 4.69) is 61.2 Å². The molecule has 0 amide bonds. The van der Waals surface area contributed by atoms with Gasteiger partial charge >= 0.3 is 0 Å². The van der Waals surface area contributed by atoms with E-state index in [1.165, 1.54) is 16.0 Å². The molecule has 1 aliphatic rings. The lowest BCUT2D eigenvalue weighted by atomic mass is 10.0. The Morgan fingerprint density at radius 3 is 2.96 bits per heavy atom. The van der Waals surface area contributed by atoms with E-state index in [1.54, 1.807) is 15.9 Å². The van der Waals surface area contributed by atoms with E-state index in [1.807, 2.05) is 0 Å². The van der Waals surface area contributed by atoms with Crippen molar-refractivity contribution in [2.45, 2.75) is 19.5 Å². The van der Waals surface area contributed by atoms with Crippen molar-refractivity contribution < 1.29 is 0 Å². The lowest BCUT2D eigenvalue weighted by Gasteiger charge is -2.26. The Morgan fingerprint density at radius 2 is 2.12 bits per heavy atom. The summed E-state index contributed by atoms with van der Waals surface area (Å²) in [5.41, 5.74) is 5.35. The van der Waals surface area contributed by atoms with Crippen LogP contribution >= 0.6 is 11.3 Å². The molecule has 3 aromatic heterocycles. The first-order valence-electron chi connectivity index (χ1n) is 8.08. The molecule has 3 N–H and O–H groups in total. The van der Waals surface area contributed by atoms with Crippen LogP contribution in [0.25, 0.3) is 16.0 Å². The third-order valence-electron chi connectivity index (χ3n) is 4.60. The van der Waals surface area contributed by atoms with Gasteiger partial charge in [0.2, 0.25) is 0 Å². The number of nitrogens with two attached hydrogens (primary N) is 1. The molecule has 5 rings (SSSR count). The zero-order chi connectivity index (χ0) is 16.8. The Labute approximate surface area is 147 Å². The molecule has 25 heavy (non-hydrogen) atoms. The summed E-state index contributed by atoms with van der Waals surface area (Å²) in [6, 6.07) is 10.6. The predicted molar refractivity (Wildman–Crippen MR) is 96.0 cm³/mol. The molecule has 0 aliphatic carbocycles. The van der Waals surface area contributed by atoms with Crippen LogP contribution in [-0.2, 0) is 19.5 Å². The summed E-state index contributed by atoms with van der Waals surface area (Å²) in [6.45, 7) is 2.87. The van der Waals surface area contributed by atoms with E-state index >= 15 is 0 Å². The van der Waals surface area contributed by atoms with Gasteiger partial charge in [-0.25, -0.2) is 5.84 Å². The summed E-state index contributed by atoms with van der Waals surface area (Å²) >= 11 is 1.72. The molecule has 8 nitrogen and oxygen atoms in total. The standard InChI is InChI=1S/C16H16N8S/c17-19-14-13-11-6-7-23(8-10-4-2-1-3-5-10)9-12(11)25-15(13)24-16(18-14)20-21-22-24/h1-5H,6-9,17H2,(H,18,19,20,22). The van der Waals surface area contributed by atoms with Gasteiger partial charge in [-0.2, -0.15) is 9.50 Å². The second kappa shape index (κ2) is 5.73. The highest BCUT2D eigenvalue weighted by Crippen LogP contribution is 2.38. The predicted octanol–water partition coefficient (Wildman–Crippen LogP) is 1.58. The van der Waals surface area contributed by atoms with Crippen LogP contribution in [0.5, 0.6) is 0 Å². The van der Waals surface area contributed by atoms with Gasteiger partial charge < -0.3 is 5.43 Å². The Bertz CT molecular complexity index is 1050. The molecule has 0 fully saturated rings. The highest BCUT2D eigenvalue weighted by Gasteiger charge is 2.25. The van der Waals surface area contributed by atoms with Crippen LogP contribution in [0.3, 0.4) is 0 Å². The van der Waals surface area contributed by atoms with E-state index in [0.29, 0.717) is 11.6 Å². The number of nitrogen functional groups attached to an aromatic ring is 1. The Balaban J connectivity index is 1.57. The van der Waals surface area contributed by atoms with Gasteiger partial charge in [0.25, 0.3) is 5.78 Å². The number of hydrogen-bond acceptors (Lipinski definition) is 8. The number of aromatic nitrogens is 5. The highest BCUT2D eigenvalue weighted by molar-refractivity contribution is 7.19. The third kappa shape index (κ3) is 2.36. The number of rotatable bonds is 3. The molecule has 4 heterocycles. The molecule has 0 unspecified atom stereocenters. The van der Waals surface area contributed by atoms with Crippen molar-refractivity contribution in [1.82, 2.24) is 29.9 Å². The molecule has 0 bridgehead atoms. The molecule has 0 saturated heterocycles. The summed E-state index contributed by atoms with van der Waals surface area (Å²) in [7, 11) is 0. The van der Waals surface area contributed by atoms with Gasteiger partial charge in [-0.3, -0.25) is 4.90 Å². The minimum Gasteiger partial charge on any atom is -0.308 e. The van der Waals surface area contributed by atoms with Crippen LogP contribution in [0.1, 0.15) is 16.0 Å². The molecule has 0 spiro atoms. The molecule has 0 saturated carbocycles. The molecule has 9 heteroatoms. The lowest BCUT2D eigenvalue weighted by molar-refractivity contribution is 0.249. The van der Waals surface area contributed by atoms with E-state index in [-0.39, 0.29) is 0 Å². The first-order chi connectivity index (χ1) is 12.3. The topological polar surface area (TPSA) is 97.3 Å². The number of hydrazine groups is 1. The molecular weight excluding hydrogens is 336 g/mol. The largest absolute Gasteiger partial charge is 0.308 e. The first-order valence-corrected chi connectivity index (χ1v) is 8.90. The van der Waals surface area contributed by atoms with Gasteiger partial charge in [0.15, 0.2) is 5.82 Å². The summed E-state index contributed by atoms with van der Waals surface area (Å²) in [5, 5.41) is 12.8. The minimum atomic E-state index is 0.459. The number of nitrogens with zero attached hydrogens (tertiary/aromatic N) is 6. The van der Waals surface area contributed by atoms with Crippen LogP contribution in [0.15, 0.2) is 30.3 Å². The average Bonchev–Trinajstić information content (AvgIpc) is 3.25. The third-order valence-corrected chi connectivity index (χ3v) is 5.79. The van der Waals surface area contributed by atoms with Gasteiger partial charge in [0.05, 0.1) is 5.39 Å². The second-order valence-electron chi connectivity index (χ2n) is 6.13. The van der Waals surface area contributed by atoms with Crippen molar-refractivity contribution in [3.8, 4) is 0 Å². The first kappa shape index (κ1) is 14.7. The SMILES string of the molecule is NNc1nc2nnnn2c2sc3c(c12)CCN(Cc1ccccc1)C3. The van der Waals surface area contributed by atoms with E-state index < -0.39 is 0 Å². The normalized spacial score (nSPS) is 14.9. The fourth-order valence-corrected chi connectivity index (χ4v) is 4.79. The Morgan fingerprint density at radius 1 is 1.24 bits per heavy atom. The smallest absolute Gasteiger partial charge is 0.276 e. The maximum atomic E-state index is 5.70. The maximum Gasteiger partial charge on any atom is 0.276 e. The van der Waals surface area contributed by atoms with Crippen molar-refractivity contribution in [3.05, 3.63) is 46.3 Å². The van der Waals surface area contributed by atoms with Crippen LogP contribution in [0.2, 0.25) is 0 Å². The van der Waals surface area contributed by atoms with E-state index in [0.717, 1.165) is 36.3 Å². The summed E-state index contributed by atoms with van der Waals surface area (Å²) in [4.78, 5) is 9.22. The van der Waals surface area contributed by atoms with Gasteiger partial charge in [-0.15, -0.1) is 11.3 Å². The molecule has 0 radical (unpaired) electrons. The number of nitrogens with one attached hydrogen (secondary N) is 1. The second-order valence-corrected chi connectivity index (χ2v) is 7.21. The average molecular weight is 352 g/mol. The van der Waals surface area contributed by atoms with Crippen LogP contribution in [0.4, 0.5) is 5.82 Å². The van der Waals surface area contributed by atoms with Gasteiger partial charge in [0, 0.05) is 24.5 Å². The van der Waals surface area contributed by atoms with Gasteiger partial charge in [-0.1, -0.05) is 35.4 Å². The number of anilines is 1. The fraction of sp³-hybridized carbons (Fsp3) is 0.250. The Kier molecular flexibility index (Phi) is 3.37. The van der Waals surface area contributed by atoms with Crippen molar-refractivity contribution in [2.24, 2.45) is 5.84 Å². The fourth-order valence-electron chi connectivity index (χ4n) is 3.46. The summed E-state index contributed by atoms with van der Waals surface area (Å²) in [5.74, 6) is 6.80. The van der Waals surface area contributed by atoms with Crippen molar-refractivity contribution >= 4 is 33.1 Å². The number of thiophene rings is 1. The molecule has 0 atom stereocenters. The summed E-state index contributed by atoms with van der Waals surface area (Å²) in [6.07, 6.45) is 0.964. The maximum absolute atomic E-state index is 5.70. The number of benzene rings is 1. The molecule has 1 aliphatic heterocycles. The Hall–Kier alpha value is -2.62. The van der Waals surface area contributed by atoms with Crippen molar-refractivity contribution in [2.75, 3.05) is 12.0 Å². The molecule has 4 aromatic rings. The monoisotopic (exact) mass is 352 g/mol. The van der Waals surface area contributed by atoms with Crippen molar-refractivity contribution in [3.63, 3.8) is 0 Å². The van der Waals surface area contributed by atoms with E-state index in [9.17, 15) is 0 Å². The molecule has 126 valence electrons. The highest BCUT2D eigenvalue weighted by atomic mass is 32.1. The van der Waals surface area contributed by atoms with Gasteiger partial charge in [0.1, 0.15) is 4.83 Å². The van der Waals surface area contributed by atoms with Crippen molar-refractivity contribution in [1.29, 1.82) is 0 Å². The van der Waals surface area contributed by atoms with Crippen LogP contribution in [-0.4, -0.2) is 36.5 Å². The summed E-state index contributed by atoms with van der Waals surface area (Å²) < 4.78 is 1.70.